The summed E-state index contributed by atoms with van der Waals surface area (Å²) < 4.78 is 12.1. The fraction of sp³-hybridized carbons (Fsp3) is 0.111. The molecule has 6 nitrogen and oxygen atoms in total. The second kappa shape index (κ2) is 6.87. The van der Waals surface area contributed by atoms with Gasteiger partial charge in [0.25, 0.3) is 5.91 Å². The number of benzene rings is 2. The second-order valence-corrected chi connectivity index (χ2v) is 5.02. The molecule has 0 aliphatic heterocycles. The molecule has 0 aliphatic carbocycles. The third-order valence-corrected chi connectivity index (χ3v) is 3.55. The molecule has 3 rings (SSSR count). The molecule has 0 saturated heterocycles. The smallest absolute Gasteiger partial charge is 0.259 e. The van der Waals surface area contributed by atoms with Gasteiger partial charge < -0.3 is 14.8 Å². The number of nitrogens with one attached hydrogen (secondary N) is 1. The number of nitrogens with zero attached hydrogens (tertiary/aromatic N) is 2. The van der Waals surface area contributed by atoms with E-state index < -0.39 is 0 Å². The molecule has 0 unspecified atom stereocenters. The van der Waals surface area contributed by atoms with Crippen molar-refractivity contribution in [1.82, 2.24) is 9.78 Å². The Bertz CT molecular complexity index is 827. The van der Waals surface area contributed by atoms with Crippen molar-refractivity contribution in [1.29, 1.82) is 0 Å². The minimum atomic E-state index is -0.249. The van der Waals surface area contributed by atoms with Gasteiger partial charge in [0, 0.05) is 24.1 Å². The van der Waals surface area contributed by atoms with Crippen molar-refractivity contribution < 1.29 is 14.3 Å². The van der Waals surface area contributed by atoms with Gasteiger partial charge in [-0.1, -0.05) is 0 Å². The third-order valence-electron chi connectivity index (χ3n) is 3.55. The molecule has 0 aliphatic rings. The summed E-state index contributed by atoms with van der Waals surface area (Å²) in [5.41, 5.74) is 2.04. The lowest BCUT2D eigenvalue weighted by Crippen LogP contribution is -2.13. The van der Waals surface area contributed by atoms with E-state index in [1.807, 2.05) is 36.5 Å². The zero-order valence-electron chi connectivity index (χ0n) is 13.4. The van der Waals surface area contributed by atoms with Crippen LogP contribution in [0.1, 0.15) is 10.4 Å². The number of carbonyl (C=O) groups is 1. The summed E-state index contributed by atoms with van der Waals surface area (Å²) in [5, 5.41) is 7.02. The number of hydrogen-bond donors (Lipinski definition) is 1. The van der Waals surface area contributed by atoms with Crippen LogP contribution >= 0.6 is 0 Å². The number of ether oxygens (including phenoxy) is 2. The standard InChI is InChI=1S/C18H17N3O3/c1-23-15-8-9-16(17(12-15)24-2)18(22)20-13-4-6-14(7-5-13)21-11-3-10-19-21/h3-12H,1-2H3,(H,20,22). The number of aromatic nitrogens is 2. The molecule has 0 spiro atoms. The molecule has 6 heteroatoms. The minimum Gasteiger partial charge on any atom is -0.497 e. The summed E-state index contributed by atoms with van der Waals surface area (Å²) in [4.78, 5) is 12.5. The van der Waals surface area contributed by atoms with Gasteiger partial charge in [0.05, 0.1) is 25.5 Å². The number of amides is 1. The van der Waals surface area contributed by atoms with Crippen LogP contribution in [0, 0.1) is 0 Å². The van der Waals surface area contributed by atoms with E-state index in [0.29, 0.717) is 22.7 Å². The van der Waals surface area contributed by atoms with Crippen LogP contribution in [-0.2, 0) is 0 Å². The maximum Gasteiger partial charge on any atom is 0.259 e. The first-order valence-electron chi connectivity index (χ1n) is 7.34. The molecule has 1 N–H and O–H groups in total. The Kier molecular flexibility index (Phi) is 4.47. The molecule has 0 atom stereocenters. The van der Waals surface area contributed by atoms with Crippen molar-refractivity contribution in [2.45, 2.75) is 0 Å². The molecule has 24 heavy (non-hydrogen) atoms. The van der Waals surface area contributed by atoms with Crippen molar-refractivity contribution in [3.8, 4) is 17.2 Å². The minimum absolute atomic E-state index is 0.249. The molecular formula is C18H17N3O3. The summed E-state index contributed by atoms with van der Waals surface area (Å²) in [6.45, 7) is 0. The molecule has 0 bridgehead atoms. The first-order chi connectivity index (χ1) is 11.7. The molecular weight excluding hydrogens is 306 g/mol. The van der Waals surface area contributed by atoms with Gasteiger partial charge in [0.2, 0.25) is 0 Å². The highest BCUT2D eigenvalue weighted by Gasteiger charge is 2.13. The van der Waals surface area contributed by atoms with Gasteiger partial charge in [-0.2, -0.15) is 5.10 Å². The Morgan fingerprint density at radius 2 is 1.88 bits per heavy atom. The SMILES string of the molecule is COc1ccc(C(=O)Nc2ccc(-n3cccn3)cc2)c(OC)c1. The highest BCUT2D eigenvalue weighted by atomic mass is 16.5. The summed E-state index contributed by atoms with van der Waals surface area (Å²) in [5.74, 6) is 0.841. The number of anilines is 1. The lowest BCUT2D eigenvalue weighted by molar-refractivity contribution is 0.102. The zero-order valence-corrected chi connectivity index (χ0v) is 13.4. The van der Waals surface area contributed by atoms with E-state index in [0.717, 1.165) is 5.69 Å². The summed E-state index contributed by atoms with van der Waals surface area (Å²) in [6.07, 6.45) is 3.57. The normalized spacial score (nSPS) is 10.2. The Balaban J connectivity index is 1.77. The van der Waals surface area contributed by atoms with Crippen LogP contribution < -0.4 is 14.8 Å². The van der Waals surface area contributed by atoms with E-state index in [4.69, 9.17) is 9.47 Å². The summed E-state index contributed by atoms with van der Waals surface area (Å²) >= 11 is 0. The Morgan fingerprint density at radius 1 is 1.08 bits per heavy atom. The van der Waals surface area contributed by atoms with Gasteiger partial charge in [-0.05, 0) is 42.5 Å². The van der Waals surface area contributed by atoms with Crippen LogP contribution in [0.15, 0.2) is 60.9 Å². The number of hydrogen-bond acceptors (Lipinski definition) is 4. The van der Waals surface area contributed by atoms with Gasteiger partial charge in [0.15, 0.2) is 0 Å². The van der Waals surface area contributed by atoms with E-state index in [-0.39, 0.29) is 5.91 Å². The van der Waals surface area contributed by atoms with Gasteiger partial charge in [-0.15, -0.1) is 0 Å². The van der Waals surface area contributed by atoms with Crippen molar-refractivity contribution in [2.24, 2.45) is 0 Å². The quantitative estimate of drug-likeness (QED) is 0.783. The van der Waals surface area contributed by atoms with Crippen molar-refractivity contribution in [3.05, 3.63) is 66.5 Å². The van der Waals surface area contributed by atoms with Crippen LogP contribution in [0.25, 0.3) is 5.69 Å². The number of carbonyl (C=O) groups excluding carboxylic acids is 1. The first kappa shape index (κ1) is 15.6. The fourth-order valence-electron chi connectivity index (χ4n) is 2.30. The summed E-state index contributed by atoms with van der Waals surface area (Å²) in [6, 6.07) is 14.3. The highest BCUT2D eigenvalue weighted by Crippen LogP contribution is 2.25. The number of rotatable bonds is 5. The molecule has 0 saturated carbocycles. The Labute approximate surface area is 139 Å². The van der Waals surface area contributed by atoms with Gasteiger partial charge in [-0.3, -0.25) is 4.79 Å². The van der Waals surface area contributed by atoms with Crippen molar-refractivity contribution in [2.75, 3.05) is 19.5 Å². The lowest BCUT2D eigenvalue weighted by Gasteiger charge is -2.11. The van der Waals surface area contributed by atoms with E-state index in [1.165, 1.54) is 7.11 Å². The molecule has 0 fully saturated rings. The molecule has 3 aromatic rings. The molecule has 122 valence electrons. The number of methoxy groups -OCH3 is 2. The van der Waals surface area contributed by atoms with Crippen LogP contribution in [-0.4, -0.2) is 29.9 Å². The van der Waals surface area contributed by atoms with Gasteiger partial charge in [-0.25, -0.2) is 4.68 Å². The maximum absolute atomic E-state index is 12.5. The fourth-order valence-corrected chi connectivity index (χ4v) is 2.30. The van der Waals surface area contributed by atoms with Gasteiger partial charge in [0.1, 0.15) is 11.5 Å². The first-order valence-corrected chi connectivity index (χ1v) is 7.34. The van der Waals surface area contributed by atoms with Crippen LogP contribution in [0.5, 0.6) is 11.5 Å². The monoisotopic (exact) mass is 323 g/mol. The maximum atomic E-state index is 12.5. The average molecular weight is 323 g/mol. The van der Waals surface area contributed by atoms with Crippen LogP contribution in [0.3, 0.4) is 0 Å². The van der Waals surface area contributed by atoms with E-state index in [9.17, 15) is 4.79 Å². The topological polar surface area (TPSA) is 65.4 Å². The predicted molar refractivity (Wildman–Crippen MR) is 91.1 cm³/mol. The lowest BCUT2D eigenvalue weighted by atomic mass is 10.1. The third kappa shape index (κ3) is 3.22. The van der Waals surface area contributed by atoms with Gasteiger partial charge >= 0.3 is 0 Å². The Hall–Kier alpha value is -3.28. The van der Waals surface area contributed by atoms with E-state index in [2.05, 4.69) is 10.4 Å². The molecule has 1 heterocycles. The average Bonchev–Trinajstić information content (AvgIpc) is 3.16. The van der Waals surface area contributed by atoms with Crippen molar-refractivity contribution in [3.63, 3.8) is 0 Å². The second-order valence-electron chi connectivity index (χ2n) is 5.02. The van der Waals surface area contributed by atoms with Crippen LogP contribution in [0.2, 0.25) is 0 Å². The molecule has 0 radical (unpaired) electrons. The predicted octanol–water partition coefficient (Wildman–Crippen LogP) is 3.14. The van der Waals surface area contributed by atoms with E-state index in [1.54, 1.807) is 36.2 Å². The van der Waals surface area contributed by atoms with Crippen molar-refractivity contribution >= 4 is 11.6 Å². The van der Waals surface area contributed by atoms with Crippen LogP contribution in [0.4, 0.5) is 5.69 Å². The zero-order chi connectivity index (χ0) is 16.9. The highest BCUT2D eigenvalue weighted by molar-refractivity contribution is 6.06. The molecule has 1 amide bonds. The molecule has 2 aromatic carbocycles. The molecule has 1 aromatic heterocycles. The summed E-state index contributed by atoms with van der Waals surface area (Å²) in [7, 11) is 3.08. The largest absolute Gasteiger partial charge is 0.497 e. The van der Waals surface area contributed by atoms with E-state index >= 15 is 0 Å². The Morgan fingerprint density at radius 3 is 2.50 bits per heavy atom.